The highest BCUT2D eigenvalue weighted by atomic mass is 16.1. The Morgan fingerprint density at radius 1 is 0.955 bits per heavy atom. The molecule has 1 amide bonds. The molecule has 4 nitrogen and oxygen atoms in total. The van der Waals surface area contributed by atoms with Gasteiger partial charge >= 0.3 is 0 Å². The van der Waals surface area contributed by atoms with Crippen molar-refractivity contribution in [1.82, 2.24) is 4.90 Å². The zero-order valence-corrected chi connectivity index (χ0v) is 13.4. The van der Waals surface area contributed by atoms with Crippen molar-refractivity contribution in [2.45, 2.75) is 6.42 Å². The first kappa shape index (κ1) is 16.0. The van der Waals surface area contributed by atoms with Gasteiger partial charge in [0.25, 0.3) is 0 Å². The summed E-state index contributed by atoms with van der Waals surface area (Å²) in [5, 5.41) is 3.01. The van der Waals surface area contributed by atoms with E-state index >= 15 is 0 Å². The first-order valence-corrected chi connectivity index (χ1v) is 7.40. The van der Waals surface area contributed by atoms with Crippen molar-refractivity contribution >= 4 is 23.0 Å². The Hall–Kier alpha value is -2.33. The molecule has 2 aromatic carbocycles. The van der Waals surface area contributed by atoms with Gasteiger partial charge in [-0.15, -0.1) is 0 Å². The molecule has 0 aliphatic carbocycles. The van der Waals surface area contributed by atoms with Gasteiger partial charge in [0.1, 0.15) is 0 Å². The minimum Gasteiger partial charge on any atom is -0.343 e. The quantitative estimate of drug-likeness (QED) is 0.888. The van der Waals surface area contributed by atoms with Gasteiger partial charge in [-0.25, -0.2) is 0 Å². The van der Waals surface area contributed by atoms with Gasteiger partial charge in [0.2, 0.25) is 5.91 Å². The highest BCUT2D eigenvalue weighted by Gasteiger charge is 2.11. The zero-order valence-electron chi connectivity index (χ0n) is 13.4. The van der Waals surface area contributed by atoms with Crippen LogP contribution in [-0.4, -0.2) is 38.5 Å². The number of hydrogen-bond donors (Lipinski definition) is 1. The predicted molar refractivity (Wildman–Crippen MR) is 92.7 cm³/mol. The van der Waals surface area contributed by atoms with Gasteiger partial charge in [-0.05, 0) is 38.4 Å². The molecule has 4 heteroatoms. The van der Waals surface area contributed by atoms with E-state index in [0.29, 0.717) is 6.42 Å². The van der Waals surface area contributed by atoms with Crippen molar-refractivity contribution in [2.24, 2.45) is 0 Å². The second-order valence-electron chi connectivity index (χ2n) is 5.51. The summed E-state index contributed by atoms with van der Waals surface area (Å²) in [5.41, 5.74) is 2.89. The predicted octanol–water partition coefficient (Wildman–Crippen LogP) is 3.34. The number of nitrogens with zero attached hydrogens (tertiary/aromatic N) is 2. The molecule has 2 aromatic rings. The second-order valence-corrected chi connectivity index (χ2v) is 5.51. The van der Waals surface area contributed by atoms with Crippen LogP contribution in [0.2, 0.25) is 0 Å². The smallest absolute Gasteiger partial charge is 0.225 e. The maximum atomic E-state index is 12.1. The van der Waals surface area contributed by atoms with Gasteiger partial charge in [0.05, 0.1) is 11.4 Å². The molecule has 116 valence electrons. The van der Waals surface area contributed by atoms with E-state index in [1.165, 1.54) is 0 Å². The van der Waals surface area contributed by atoms with Crippen LogP contribution in [0.3, 0.4) is 0 Å². The maximum Gasteiger partial charge on any atom is 0.225 e. The van der Waals surface area contributed by atoms with E-state index in [-0.39, 0.29) is 5.91 Å². The molecule has 0 aliphatic rings. The lowest BCUT2D eigenvalue weighted by molar-refractivity contribution is -0.116. The molecule has 0 spiro atoms. The lowest BCUT2D eigenvalue weighted by Gasteiger charge is -2.23. The second kappa shape index (κ2) is 7.61. The van der Waals surface area contributed by atoms with Crippen molar-refractivity contribution in [3.8, 4) is 0 Å². The van der Waals surface area contributed by atoms with E-state index in [2.05, 4.69) is 10.2 Å². The Balaban J connectivity index is 2.15. The minimum absolute atomic E-state index is 0.0302. The van der Waals surface area contributed by atoms with E-state index in [9.17, 15) is 4.79 Å². The molecule has 0 radical (unpaired) electrons. The summed E-state index contributed by atoms with van der Waals surface area (Å²) in [6.45, 7) is 0.739. The topological polar surface area (TPSA) is 35.6 Å². The van der Waals surface area contributed by atoms with Crippen LogP contribution in [0.5, 0.6) is 0 Å². The van der Waals surface area contributed by atoms with Crippen molar-refractivity contribution in [3.63, 3.8) is 0 Å². The first-order chi connectivity index (χ1) is 10.6. The number of rotatable bonds is 6. The third kappa shape index (κ3) is 4.33. The van der Waals surface area contributed by atoms with Crippen LogP contribution >= 0.6 is 0 Å². The fraction of sp³-hybridized carbons (Fsp3) is 0.278. The van der Waals surface area contributed by atoms with E-state index in [1.54, 1.807) is 0 Å². The van der Waals surface area contributed by atoms with Crippen molar-refractivity contribution in [1.29, 1.82) is 0 Å². The van der Waals surface area contributed by atoms with E-state index in [0.717, 1.165) is 23.6 Å². The third-order valence-corrected chi connectivity index (χ3v) is 3.47. The molecule has 0 atom stereocenters. The molecular weight excluding hydrogens is 274 g/mol. The minimum atomic E-state index is 0.0302. The molecule has 0 heterocycles. The average molecular weight is 297 g/mol. The first-order valence-electron chi connectivity index (χ1n) is 7.40. The van der Waals surface area contributed by atoms with E-state index in [1.807, 2.05) is 80.6 Å². The molecule has 0 fully saturated rings. The Labute approximate surface area is 132 Å². The number of para-hydroxylation sites is 3. The Morgan fingerprint density at radius 2 is 1.59 bits per heavy atom. The van der Waals surface area contributed by atoms with E-state index < -0.39 is 0 Å². The summed E-state index contributed by atoms with van der Waals surface area (Å²) in [6.07, 6.45) is 0.483. The van der Waals surface area contributed by atoms with Crippen LogP contribution in [0.1, 0.15) is 6.42 Å². The largest absolute Gasteiger partial charge is 0.343 e. The molecule has 0 bridgehead atoms. The summed E-state index contributed by atoms with van der Waals surface area (Å²) in [6, 6.07) is 17.9. The van der Waals surface area contributed by atoms with Crippen molar-refractivity contribution in [3.05, 3.63) is 54.6 Å². The molecular formula is C18H23N3O. The van der Waals surface area contributed by atoms with Crippen LogP contribution in [0.25, 0.3) is 0 Å². The van der Waals surface area contributed by atoms with Gasteiger partial charge in [-0.2, -0.15) is 0 Å². The lowest BCUT2D eigenvalue weighted by atomic mass is 10.2. The summed E-state index contributed by atoms with van der Waals surface area (Å²) >= 11 is 0. The highest BCUT2D eigenvalue weighted by molar-refractivity contribution is 5.95. The summed E-state index contributed by atoms with van der Waals surface area (Å²) in [4.78, 5) is 16.1. The van der Waals surface area contributed by atoms with Crippen LogP contribution in [0, 0.1) is 0 Å². The van der Waals surface area contributed by atoms with Crippen molar-refractivity contribution < 1.29 is 4.79 Å². The maximum absolute atomic E-state index is 12.1. The third-order valence-electron chi connectivity index (χ3n) is 3.47. The van der Waals surface area contributed by atoms with Crippen LogP contribution in [-0.2, 0) is 4.79 Å². The van der Waals surface area contributed by atoms with E-state index in [4.69, 9.17) is 0 Å². The fourth-order valence-corrected chi connectivity index (χ4v) is 2.20. The van der Waals surface area contributed by atoms with Crippen LogP contribution in [0.4, 0.5) is 17.1 Å². The normalized spacial score (nSPS) is 10.5. The number of amides is 1. The fourth-order valence-electron chi connectivity index (χ4n) is 2.20. The molecule has 22 heavy (non-hydrogen) atoms. The molecule has 0 unspecified atom stereocenters. The lowest BCUT2D eigenvalue weighted by Crippen LogP contribution is -2.22. The average Bonchev–Trinajstić information content (AvgIpc) is 2.53. The Bertz CT molecular complexity index is 611. The monoisotopic (exact) mass is 297 g/mol. The van der Waals surface area contributed by atoms with Gasteiger partial charge in [0.15, 0.2) is 0 Å². The number of anilines is 3. The number of carbonyl (C=O) groups excluding carboxylic acids is 1. The van der Waals surface area contributed by atoms with Gasteiger partial charge < -0.3 is 15.1 Å². The van der Waals surface area contributed by atoms with Gasteiger partial charge in [-0.3, -0.25) is 4.79 Å². The summed E-state index contributed by atoms with van der Waals surface area (Å²) < 4.78 is 0. The van der Waals surface area contributed by atoms with Crippen molar-refractivity contribution in [2.75, 3.05) is 37.9 Å². The highest BCUT2D eigenvalue weighted by Crippen LogP contribution is 2.30. The zero-order chi connectivity index (χ0) is 15.9. The van der Waals surface area contributed by atoms with Gasteiger partial charge in [0, 0.05) is 25.7 Å². The number of nitrogens with one attached hydrogen (secondary N) is 1. The standard InChI is InChI=1S/C18H23N3O/c1-20(2)14-13-18(22)19-16-11-7-8-12-17(16)21(3)15-9-5-4-6-10-15/h4-12H,13-14H2,1-3H3,(H,19,22). The van der Waals surface area contributed by atoms with Crippen LogP contribution < -0.4 is 10.2 Å². The molecule has 0 aliphatic heterocycles. The number of hydrogen-bond acceptors (Lipinski definition) is 3. The number of benzene rings is 2. The molecule has 0 saturated heterocycles. The van der Waals surface area contributed by atoms with Gasteiger partial charge in [-0.1, -0.05) is 30.3 Å². The summed E-state index contributed by atoms with van der Waals surface area (Å²) in [7, 11) is 5.93. The summed E-state index contributed by atoms with van der Waals surface area (Å²) in [5.74, 6) is 0.0302. The Kier molecular flexibility index (Phi) is 5.55. The Morgan fingerprint density at radius 3 is 2.27 bits per heavy atom. The van der Waals surface area contributed by atoms with Crippen LogP contribution in [0.15, 0.2) is 54.6 Å². The molecule has 0 aromatic heterocycles. The SMILES string of the molecule is CN(C)CCC(=O)Nc1ccccc1N(C)c1ccccc1. The number of carbonyl (C=O) groups is 1. The molecule has 0 saturated carbocycles. The molecule has 1 N–H and O–H groups in total. The molecule has 2 rings (SSSR count).